The van der Waals surface area contributed by atoms with Crippen molar-refractivity contribution in [3.8, 4) is 11.3 Å². The van der Waals surface area contributed by atoms with Crippen molar-refractivity contribution in [2.24, 2.45) is 0 Å². The molecule has 3 heterocycles. The first-order valence-electron chi connectivity index (χ1n) is 9.60. The molecule has 6 nitrogen and oxygen atoms in total. The van der Waals surface area contributed by atoms with Gasteiger partial charge in [-0.15, -0.1) is 21.5 Å². The molecule has 1 saturated heterocycles. The minimum absolute atomic E-state index is 0.136. The molecule has 0 saturated carbocycles. The van der Waals surface area contributed by atoms with E-state index in [1.807, 2.05) is 48.5 Å². The fourth-order valence-corrected chi connectivity index (χ4v) is 4.23. The summed E-state index contributed by atoms with van der Waals surface area (Å²) in [4.78, 5) is 19.0. The highest BCUT2D eigenvalue weighted by molar-refractivity contribution is 7.16. The summed E-state index contributed by atoms with van der Waals surface area (Å²) in [6.45, 7) is 2.11. The molecule has 4 aromatic rings. The van der Waals surface area contributed by atoms with Crippen LogP contribution in [0.15, 0.2) is 60.1 Å². The maximum atomic E-state index is 12.5. The lowest BCUT2D eigenvalue weighted by atomic mass is 10.1. The zero-order valence-corrected chi connectivity index (χ0v) is 16.5. The van der Waals surface area contributed by atoms with E-state index >= 15 is 0 Å². The summed E-state index contributed by atoms with van der Waals surface area (Å²) in [5, 5.41) is 11.7. The molecule has 1 N–H and O–H groups in total. The second kappa shape index (κ2) is 7.60. The van der Waals surface area contributed by atoms with Crippen LogP contribution in [0.1, 0.15) is 23.2 Å². The lowest BCUT2D eigenvalue weighted by Crippen LogP contribution is -2.19. The largest absolute Gasteiger partial charge is 0.355 e. The van der Waals surface area contributed by atoms with E-state index in [1.54, 1.807) is 11.6 Å². The van der Waals surface area contributed by atoms with Crippen LogP contribution < -0.4 is 10.2 Å². The van der Waals surface area contributed by atoms with Crippen molar-refractivity contribution >= 4 is 39.0 Å². The lowest BCUT2D eigenvalue weighted by Gasteiger charge is -2.15. The Kier molecular flexibility index (Phi) is 4.65. The first kappa shape index (κ1) is 17.8. The van der Waals surface area contributed by atoms with Gasteiger partial charge in [-0.25, -0.2) is 4.98 Å². The predicted molar refractivity (Wildman–Crippen MR) is 116 cm³/mol. The van der Waals surface area contributed by atoms with Gasteiger partial charge in [0.15, 0.2) is 5.82 Å². The number of thiazole rings is 1. The number of hydrogen-bond donors (Lipinski definition) is 1. The molecule has 0 bridgehead atoms. The number of fused-ring (bicyclic) bond motifs is 1. The zero-order valence-electron chi connectivity index (χ0n) is 15.7. The van der Waals surface area contributed by atoms with E-state index in [9.17, 15) is 4.79 Å². The van der Waals surface area contributed by atoms with E-state index in [4.69, 9.17) is 0 Å². The molecule has 0 radical (unpaired) electrons. The van der Waals surface area contributed by atoms with Crippen LogP contribution in [0.5, 0.6) is 0 Å². The quantitative estimate of drug-likeness (QED) is 0.541. The number of nitrogens with one attached hydrogen (secondary N) is 1. The fraction of sp³-hybridized carbons (Fsp3) is 0.182. The molecule has 5 rings (SSSR count). The Balaban J connectivity index is 1.28. The van der Waals surface area contributed by atoms with Gasteiger partial charge in [0.1, 0.15) is 0 Å². The number of carbonyl (C=O) groups excluding carboxylic acids is 1. The smallest absolute Gasteiger partial charge is 0.255 e. The first-order valence-corrected chi connectivity index (χ1v) is 10.5. The molecule has 2 aromatic heterocycles. The molecule has 1 amide bonds. The highest BCUT2D eigenvalue weighted by atomic mass is 32.1. The highest BCUT2D eigenvalue weighted by Crippen LogP contribution is 2.23. The topological polar surface area (TPSA) is 71.0 Å². The van der Waals surface area contributed by atoms with Crippen molar-refractivity contribution in [3.63, 3.8) is 0 Å². The van der Waals surface area contributed by atoms with Gasteiger partial charge in [-0.1, -0.05) is 12.1 Å². The number of carbonyl (C=O) groups is 1. The summed E-state index contributed by atoms with van der Waals surface area (Å²) in [5.74, 6) is 0.802. The standard InChI is InChI=1S/C22H19N5OS/c28-22(16-5-8-19-20(13-16)29-14-23-19)24-17-6-3-15(4-7-17)18-9-10-21(26-25-18)27-11-1-2-12-27/h3-10,13-14H,1-2,11-12H2,(H,24,28). The number of anilines is 2. The van der Waals surface area contributed by atoms with Crippen molar-refractivity contribution in [2.75, 3.05) is 23.3 Å². The molecule has 1 aliphatic rings. The third kappa shape index (κ3) is 3.69. The second-order valence-corrected chi connectivity index (χ2v) is 7.92. The summed E-state index contributed by atoms with van der Waals surface area (Å²) in [7, 11) is 0. The predicted octanol–water partition coefficient (Wildman–Crippen LogP) is 4.61. The third-order valence-electron chi connectivity index (χ3n) is 5.11. The average Bonchev–Trinajstić information content (AvgIpc) is 3.46. The normalized spacial score (nSPS) is 13.7. The Morgan fingerprint density at radius 3 is 2.55 bits per heavy atom. The van der Waals surface area contributed by atoms with E-state index in [1.165, 1.54) is 24.2 Å². The lowest BCUT2D eigenvalue weighted by molar-refractivity contribution is 0.102. The average molecular weight is 401 g/mol. The fourth-order valence-electron chi connectivity index (χ4n) is 3.52. The monoisotopic (exact) mass is 401 g/mol. The van der Waals surface area contributed by atoms with Crippen LogP contribution in [0.4, 0.5) is 11.5 Å². The zero-order chi connectivity index (χ0) is 19.6. The van der Waals surface area contributed by atoms with Crippen LogP contribution in [-0.4, -0.2) is 34.2 Å². The van der Waals surface area contributed by atoms with Gasteiger partial charge >= 0.3 is 0 Å². The van der Waals surface area contributed by atoms with Gasteiger partial charge in [-0.3, -0.25) is 4.79 Å². The molecule has 144 valence electrons. The van der Waals surface area contributed by atoms with Gasteiger partial charge in [0.05, 0.1) is 21.4 Å². The van der Waals surface area contributed by atoms with Crippen molar-refractivity contribution in [2.45, 2.75) is 12.8 Å². The molecule has 0 unspecified atom stereocenters. The van der Waals surface area contributed by atoms with E-state index < -0.39 is 0 Å². The molecule has 29 heavy (non-hydrogen) atoms. The Morgan fingerprint density at radius 1 is 0.966 bits per heavy atom. The molecule has 0 spiro atoms. The van der Waals surface area contributed by atoms with E-state index in [0.29, 0.717) is 5.56 Å². The van der Waals surface area contributed by atoms with Crippen LogP contribution in [0, 0.1) is 0 Å². The molecule has 2 aromatic carbocycles. The third-order valence-corrected chi connectivity index (χ3v) is 5.90. The van der Waals surface area contributed by atoms with Crippen LogP contribution in [-0.2, 0) is 0 Å². The Bertz CT molecular complexity index is 1150. The highest BCUT2D eigenvalue weighted by Gasteiger charge is 2.14. The van der Waals surface area contributed by atoms with E-state index in [-0.39, 0.29) is 5.91 Å². The van der Waals surface area contributed by atoms with Gasteiger partial charge in [-0.05, 0) is 55.3 Å². The number of benzene rings is 2. The molecule has 0 aliphatic carbocycles. The maximum Gasteiger partial charge on any atom is 0.255 e. The van der Waals surface area contributed by atoms with Gasteiger partial charge in [0.2, 0.25) is 0 Å². The number of amides is 1. The minimum Gasteiger partial charge on any atom is -0.355 e. The van der Waals surface area contributed by atoms with Crippen LogP contribution in [0.3, 0.4) is 0 Å². The van der Waals surface area contributed by atoms with Gasteiger partial charge < -0.3 is 10.2 Å². The number of aromatic nitrogens is 3. The van der Waals surface area contributed by atoms with Crippen LogP contribution >= 0.6 is 11.3 Å². The van der Waals surface area contributed by atoms with Crippen LogP contribution in [0.25, 0.3) is 21.5 Å². The van der Waals surface area contributed by atoms with Crippen molar-refractivity contribution in [1.82, 2.24) is 15.2 Å². The summed E-state index contributed by atoms with van der Waals surface area (Å²) in [6.07, 6.45) is 2.43. The summed E-state index contributed by atoms with van der Waals surface area (Å²) < 4.78 is 1.00. The molecule has 1 aliphatic heterocycles. The number of nitrogens with zero attached hydrogens (tertiary/aromatic N) is 4. The van der Waals surface area contributed by atoms with E-state index in [2.05, 4.69) is 25.4 Å². The Hall–Kier alpha value is -3.32. The van der Waals surface area contributed by atoms with Crippen LogP contribution in [0.2, 0.25) is 0 Å². The second-order valence-electron chi connectivity index (χ2n) is 7.04. The van der Waals surface area contributed by atoms with Crippen molar-refractivity contribution in [3.05, 3.63) is 65.7 Å². The first-order chi connectivity index (χ1) is 14.3. The molecular formula is C22H19N5OS. The minimum atomic E-state index is -0.136. The Morgan fingerprint density at radius 2 is 1.79 bits per heavy atom. The summed E-state index contributed by atoms with van der Waals surface area (Å²) in [5.41, 5.74) is 5.84. The number of hydrogen-bond acceptors (Lipinski definition) is 6. The molecular weight excluding hydrogens is 382 g/mol. The molecule has 0 atom stereocenters. The molecule has 1 fully saturated rings. The van der Waals surface area contributed by atoms with E-state index in [0.717, 1.165) is 46.1 Å². The maximum absolute atomic E-state index is 12.5. The number of rotatable bonds is 4. The summed E-state index contributed by atoms with van der Waals surface area (Å²) in [6, 6.07) is 17.2. The van der Waals surface area contributed by atoms with Gasteiger partial charge in [0, 0.05) is 29.9 Å². The van der Waals surface area contributed by atoms with Gasteiger partial charge in [0.25, 0.3) is 5.91 Å². The van der Waals surface area contributed by atoms with Crippen molar-refractivity contribution < 1.29 is 4.79 Å². The summed E-state index contributed by atoms with van der Waals surface area (Å²) >= 11 is 1.53. The van der Waals surface area contributed by atoms with Crippen molar-refractivity contribution in [1.29, 1.82) is 0 Å². The Labute approximate surface area is 172 Å². The van der Waals surface area contributed by atoms with Gasteiger partial charge in [-0.2, -0.15) is 0 Å². The SMILES string of the molecule is O=C(Nc1ccc(-c2ccc(N3CCCC3)nn2)cc1)c1ccc2ncsc2c1. The molecule has 7 heteroatoms.